The minimum atomic E-state index is -0.307. The molecule has 158 valence electrons. The third-order valence-corrected chi connectivity index (χ3v) is 5.30. The van der Waals surface area contributed by atoms with E-state index in [0.717, 1.165) is 32.8 Å². The van der Waals surface area contributed by atoms with Gasteiger partial charge in [-0.2, -0.15) is 0 Å². The first-order valence-electron chi connectivity index (χ1n) is 9.93. The zero-order valence-electron chi connectivity index (χ0n) is 17.1. The van der Waals surface area contributed by atoms with Gasteiger partial charge in [0.15, 0.2) is 0 Å². The van der Waals surface area contributed by atoms with Crippen molar-refractivity contribution in [3.63, 3.8) is 0 Å². The lowest BCUT2D eigenvalue weighted by Crippen LogP contribution is -2.40. The Kier molecular flexibility index (Phi) is 7.24. The largest absolute Gasteiger partial charge is 0.497 e. The van der Waals surface area contributed by atoms with E-state index in [2.05, 4.69) is 4.90 Å². The van der Waals surface area contributed by atoms with E-state index >= 15 is 0 Å². The molecule has 0 saturated carbocycles. The molecule has 1 N–H and O–H groups in total. The van der Waals surface area contributed by atoms with Gasteiger partial charge in [-0.1, -0.05) is 12.1 Å². The number of methoxy groups -OCH3 is 1. The lowest BCUT2D eigenvalue weighted by atomic mass is 10.0. The van der Waals surface area contributed by atoms with Gasteiger partial charge in [0.1, 0.15) is 11.4 Å². The standard InChI is InChI=1S/C21H29N3O5/c1-22(10-13-25)19-18(16-4-6-17(28-2)7-5-16)20(26)24(21(19)27)9-3-8-23-11-14-29-15-12-23/h4-7,25H,3,8-15H2,1-2H3. The van der Waals surface area contributed by atoms with Crippen molar-refractivity contribution in [2.45, 2.75) is 6.42 Å². The molecule has 2 heterocycles. The highest BCUT2D eigenvalue weighted by molar-refractivity contribution is 6.35. The Bertz CT molecular complexity index is 756. The fourth-order valence-electron chi connectivity index (χ4n) is 3.68. The summed E-state index contributed by atoms with van der Waals surface area (Å²) in [6.45, 7) is 4.56. The number of aliphatic hydroxyl groups is 1. The number of carbonyl (C=O) groups is 2. The molecule has 8 heteroatoms. The lowest BCUT2D eigenvalue weighted by Gasteiger charge is -2.27. The number of likely N-dealkylation sites (N-methyl/N-ethyl adjacent to an activating group) is 1. The van der Waals surface area contributed by atoms with Crippen LogP contribution >= 0.6 is 0 Å². The van der Waals surface area contributed by atoms with Crippen molar-refractivity contribution in [2.24, 2.45) is 0 Å². The lowest BCUT2D eigenvalue weighted by molar-refractivity contribution is -0.137. The van der Waals surface area contributed by atoms with Gasteiger partial charge in [-0.15, -0.1) is 0 Å². The van der Waals surface area contributed by atoms with Crippen LogP contribution in [0.5, 0.6) is 5.75 Å². The van der Waals surface area contributed by atoms with Crippen molar-refractivity contribution in [3.05, 3.63) is 35.5 Å². The van der Waals surface area contributed by atoms with Crippen LogP contribution in [0.15, 0.2) is 30.0 Å². The van der Waals surface area contributed by atoms with Crippen molar-refractivity contribution in [3.8, 4) is 5.75 Å². The van der Waals surface area contributed by atoms with Crippen LogP contribution in [-0.4, -0.2) is 98.3 Å². The van der Waals surface area contributed by atoms with E-state index in [1.807, 2.05) is 0 Å². The quantitative estimate of drug-likeness (QED) is 0.599. The van der Waals surface area contributed by atoms with Gasteiger partial charge >= 0.3 is 0 Å². The molecular formula is C21H29N3O5. The second kappa shape index (κ2) is 9.87. The highest BCUT2D eigenvalue weighted by Gasteiger charge is 2.40. The summed E-state index contributed by atoms with van der Waals surface area (Å²) in [4.78, 5) is 31.5. The number of benzene rings is 1. The summed E-state index contributed by atoms with van der Waals surface area (Å²) in [5, 5.41) is 9.32. The van der Waals surface area contributed by atoms with Crippen LogP contribution in [-0.2, 0) is 14.3 Å². The SMILES string of the molecule is COc1ccc(C2=C(N(C)CCO)C(=O)N(CCCN3CCOCC3)C2=O)cc1. The molecule has 0 radical (unpaired) electrons. The molecule has 0 unspecified atom stereocenters. The highest BCUT2D eigenvalue weighted by Crippen LogP contribution is 2.32. The summed E-state index contributed by atoms with van der Waals surface area (Å²) in [5.74, 6) is 0.0828. The van der Waals surface area contributed by atoms with Gasteiger partial charge in [0.2, 0.25) is 0 Å². The maximum absolute atomic E-state index is 13.2. The van der Waals surface area contributed by atoms with E-state index in [0.29, 0.717) is 35.5 Å². The minimum Gasteiger partial charge on any atom is -0.497 e. The third kappa shape index (κ3) is 4.77. The molecule has 0 spiro atoms. The second-order valence-corrected chi connectivity index (χ2v) is 7.17. The van der Waals surface area contributed by atoms with Crippen molar-refractivity contribution >= 4 is 17.4 Å². The molecule has 1 fully saturated rings. The number of morpholine rings is 1. The van der Waals surface area contributed by atoms with E-state index < -0.39 is 0 Å². The average molecular weight is 403 g/mol. The molecule has 29 heavy (non-hydrogen) atoms. The topological polar surface area (TPSA) is 82.6 Å². The van der Waals surface area contributed by atoms with E-state index in [4.69, 9.17) is 9.47 Å². The first kappa shape index (κ1) is 21.3. The third-order valence-electron chi connectivity index (χ3n) is 5.30. The number of amides is 2. The van der Waals surface area contributed by atoms with Crippen molar-refractivity contribution in [2.75, 3.05) is 66.7 Å². The van der Waals surface area contributed by atoms with Gasteiger partial charge in [-0.3, -0.25) is 19.4 Å². The van der Waals surface area contributed by atoms with E-state index in [1.54, 1.807) is 43.3 Å². The summed E-state index contributed by atoms with van der Waals surface area (Å²) in [7, 11) is 3.30. The number of nitrogens with zero attached hydrogens (tertiary/aromatic N) is 3. The van der Waals surface area contributed by atoms with Gasteiger partial charge in [0, 0.05) is 39.8 Å². The molecule has 2 aliphatic rings. The molecule has 1 aromatic rings. The van der Waals surface area contributed by atoms with E-state index in [-0.39, 0.29) is 25.0 Å². The van der Waals surface area contributed by atoms with Crippen LogP contribution in [0, 0.1) is 0 Å². The average Bonchev–Trinajstić information content (AvgIpc) is 2.99. The Morgan fingerprint density at radius 2 is 1.79 bits per heavy atom. The maximum Gasteiger partial charge on any atom is 0.277 e. The molecule has 0 atom stereocenters. The van der Waals surface area contributed by atoms with Crippen LogP contribution in [0.1, 0.15) is 12.0 Å². The summed E-state index contributed by atoms with van der Waals surface area (Å²) in [6.07, 6.45) is 0.713. The van der Waals surface area contributed by atoms with Crippen LogP contribution < -0.4 is 4.74 Å². The van der Waals surface area contributed by atoms with Gasteiger partial charge in [0.25, 0.3) is 11.8 Å². The molecule has 2 aliphatic heterocycles. The molecule has 2 amide bonds. The van der Waals surface area contributed by atoms with Gasteiger partial charge in [-0.05, 0) is 24.1 Å². The van der Waals surface area contributed by atoms with Crippen LogP contribution in [0.4, 0.5) is 0 Å². The number of hydrogen-bond acceptors (Lipinski definition) is 7. The Balaban J connectivity index is 1.78. The Morgan fingerprint density at radius 3 is 2.41 bits per heavy atom. The Labute approximate surface area is 171 Å². The first-order chi connectivity index (χ1) is 14.1. The Morgan fingerprint density at radius 1 is 1.10 bits per heavy atom. The van der Waals surface area contributed by atoms with Gasteiger partial charge in [0.05, 0.1) is 32.5 Å². The number of carbonyl (C=O) groups excluding carboxylic acids is 2. The van der Waals surface area contributed by atoms with Crippen molar-refractivity contribution in [1.82, 2.24) is 14.7 Å². The molecule has 1 saturated heterocycles. The van der Waals surface area contributed by atoms with Crippen molar-refractivity contribution < 1.29 is 24.2 Å². The number of imide groups is 1. The number of rotatable bonds is 9. The maximum atomic E-state index is 13.2. The molecule has 0 aromatic heterocycles. The zero-order chi connectivity index (χ0) is 20.8. The normalized spacial score (nSPS) is 18.0. The van der Waals surface area contributed by atoms with Crippen molar-refractivity contribution in [1.29, 1.82) is 0 Å². The monoisotopic (exact) mass is 403 g/mol. The summed E-state index contributed by atoms with van der Waals surface area (Å²) in [6, 6.07) is 7.10. The van der Waals surface area contributed by atoms with Crippen LogP contribution in [0.25, 0.3) is 5.57 Å². The fraction of sp³-hybridized carbons (Fsp3) is 0.524. The summed E-state index contributed by atoms with van der Waals surface area (Å²) < 4.78 is 10.5. The van der Waals surface area contributed by atoms with Gasteiger partial charge in [-0.25, -0.2) is 0 Å². The van der Waals surface area contributed by atoms with E-state index in [1.165, 1.54) is 4.90 Å². The molecular weight excluding hydrogens is 374 g/mol. The van der Waals surface area contributed by atoms with Crippen LogP contribution in [0.3, 0.4) is 0 Å². The van der Waals surface area contributed by atoms with Crippen LogP contribution in [0.2, 0.25) is 0 Å². The first-order valence-corrected chi connectivity index (χ1v) is 9.93. The number of aliphatic hydroxyl groups excluding tert-OH is 1. The smallest absolute Gasteiger partial charge is 0.277 e. The predicted molar refractivity (Wildman–Crippen MR) is 108 cm³/mol. The molecule has 1 aromatic carbocycles. The molecule has 3 rings (SSSR count). The predicted octanol–water partition coefficient (Wildman–Crippen LogP) is 0.422. The molecule has 0 aliphatic carbocycles. The highest BCUT2D eigenvalue weighted by atomic mass is 16.5. The number of hydrogen-bond donors (Lipinski definition) is 1. The molecule has 0 bridgehead atoms. The minimum absolute atomic E-state index is 0.103. The summed E-state index contributed by atoms with van der Waals surface area (Å²) in [5.41, 5.74) is 1.38. The van der Waals surface area contributed by atoms with Gasteiger partial charge < -0.3 is 19.5 Å². The zero-order valence-corrected chi connectivity index (χ0v) is 17.1. The Hall–Kier alpha value is -2.42. The fourth-order valence-corrected chi connectivity index (χ4v) is 3.68. The van der Waals surface area contributed by atoms with E-state index in [9.17, 15) is 14.7 Å². The number of ether oxygens (including phenoxy) is 2. The molecule has 8 nitrogen and oxygen atoms in total. The second-order valence-electron chi connectivity index (χ2n) is 7.17. The summed E-state index contributed by atoms with van der Waals surface area (Å²) >= 11 is 0.